The number of aryl methyl sites for hydroxylation is 2. The van der Waals surface area contributed by atoms with E-state index in [0.29, 0.717) is 11.3 Å². The van der Waals surface area contributed by atoms with Gasteiger partial charge in [-0.3, -0.25) is 14.4 Å². The second-order valence-electron chi connectivity index (χ2n) is 9.62. The van der Waals surface area contributed by atoms with E-state index in [1.165, 1.54) is 11.8 Å². The lowest BCUT2D eigenvalue weighted by Crippen LogP contribution is -2.30. The fourth-order valence-corrected chi connectivity index (χ4v) is 5.30. The summed E-state index contributed by atoms with van der Waals surface area (Å²) in [7, 11) is 0. The van der Waals surface area contributed by atoms with Crippen LogP contribution in [-0.2, 0) is 16.0 Å². The SMILES string of the molecule is CCc1cccc(C)c1NC(=O)C(C)Sc1ccc(NC(=O)/C(=C/c2ccc(Br)cc2)NC(=O)c2ccccc2)cc1. The van der Waals surface area contributed by atoms with Crippen molar-refractivity contribution in [3.63, 3.8) is 0 Å². The van der Waals surface area contributed by atoms with Gasteiger partial charge < -0.3 is 16.0 Å². The van der Waals surface area contributed by atoms with Crippen molar-refractivity contribution in [1.29, 1.82) is 0 Å². The zero-order valence-corrected chi connectivity index (χ0v) is 26.0. The monoisotopic (exact) mass is 641 g/mol. The summed E-state index contributed by atoms with van der Waals surface area (Å²) in [5.74, 6) is -0.913. The molecule has 0 saturated carbocycles. The van der Waals surface area contributed by atoms with Crippen LogP contribution in [0.15, 0.2) is 112 Å². The van der Waals surface area contributed by atoms with E-state index in [-0.39, 0.29) is 22.8 Å². The quantitative estimate of drug-likeness (QED) is 0.122. The van der Waals surface area contributed by atoms with Crippen LogP contribution in [0.2, 0.25) is 0 Å². The van der Waals surface area contributed by atoms with Gasteiger partial charge in [-0.25, -0.2) is 0 Å². The first-order valence-corrected chi connectivity index (χ1v) is 15.2. The molecule has 6 nitrogen and oxygen atoms in total. The summed E-state index contributed by atoms with van der Waals surface area (Å²) in [4.78, 5) is 40.0. The van der Waals surface area contributed by atoms with Gasteiger partial charge in [-0.15, -0.1) is 11.8 Å². The Labute approximate surface area is 259 Å². The Morgan fingerprint density at radius 2 is 1.55 bits per heavy atom. The number of para-hydroxylation sites is 1. The average molecular weight is 643 g/mol. The maximum absolute atomic E-state index is 13.3. The molecule has 3 N–H and O–H groups in total. The van der Waals surface area contributed by atoms with Crippen molar-refractivity contribution in [3.8, 4) is 0 Å². The predicted octanol–water partition coefficient (Wildman–Crippen LogP) is 7.85. The van der Waals surface area contributed by atoms with Crippen molar-refractivity contribution in [3.05, 3.63) is 129 Å². The summed E-state index contributed by atoms with van der Waals surface area (Å²) in [6.07, 6.45) is 2.47. The molecule has 8 heteroatoms. The van der Waals surface area contributed by atoms with Crippen LogP contribution in [0.1, 0.15) is 40.9 Å². The van der Waals surface area contributed by atoms with E-state index < -0.39 is 5.91 Å². The number of anilines is 2. The molecule has 0 radical (unpaired) electrons. The van der Waals surface area contributed by atoms with Gasteiger partial charge in [-0.2, -0.15) is 0 Å². The number of benzene rings is 4. The average Bonchev–Trinajstić information content (AvgIpc) is 3.00. The van der Waals surface area contributed by atoms with Crippen LogP contribution in [0.4, 0.5) is 11.4 Å². The molecule has 0 aromatic heterocycles. The number of halogens is 1. The Morgan fingerprint density at radius 1 is 0.857 bits per heavy atom. The van der Waals surface area contributed by atoms with Gasteiger partial charge in [0.25, 0.3) is 11.8 Å². The van der Waals surface area contributed by atoms with Crippen molar-refractivity contribution in [2.24, 2.45) is 0 Å². The van der Waals surface area contributed by atoms with E-state index in [0.717, 1.165) is 38.2 Å². The van der Waals surface area contributed by atoms with Gasteiger partial charge in [-0.1, -0.05) is 71.4 Å². The molecule has 1 unspecified atom stereocenters. The topological polar surface area (TPSA) is 87.3 Å². The summed E-state index contributed by atoms with van der Waals surface area (Å²) in [6, 6.07) is 29.4. The van der Waals surface area contributed by atoms with Crippen LogP contribution in [-0.4, -0.2) is 23.0 Å². The molecule has 0 aliphatic rings. The van der Waals surface area contributed by atoms with Crippen LogP contribution in [0.5, 0.6) is 0 Å². The van der Waals surface area contributed by atoms with Gasteiger partial charge in [0.05, 0.1) is 5.25 Å². The number of carbonyl (C=O) groups excluding carboxylic acids is 3. The smallest absolute Gasteiger partial charge is 0.272 e. The van der Waals surface area contributed by atoms with Gasteiger partial charge in [0.1, 0.15) is 5.70 Å². The van der Waals surface area contributed by atoms with Crippen molar-refractivity contribution in [1.82, 2.24) is 5.32 Å². The van der Waals surface area contributed by atoms with E-state index in [1.54, 1.807) is 42.5 Å². The highest BCUT2D eigenvalue weighted by Gasteiger charge is 2.18. The normalized spacial score (nSPS) is 11.9. The molecule has 1 atom stereocenters. The van der Waals surface area contributed by atoms with Gasteiger partial charge in [0.2, 0.25) is 5.91 Å². The molecule has 42 heavy (non-hydrogen) atoms. The zero-order chi connectivity index (χ0) is 30.1. The molecule has 0 bridgehead atoms. The third-order valence-corrected chi connectivity index (χ3v) is 8.13. The molecule has 0 spiro atoms. The molecule has 0 fully saturated rings. The van der Waals surface area contributed by atoms with Crippen molar-refractivity contribution >= 4 is 62.9 Å². The number of carbonyl (C=O) groups is 3. The first-order chi connectivity index (χ1) is 20.2. The predicted molar refractivity (Wildman–Crippen MR) is 176 cm³/mol. The molecule has 3 amide bonds. The number of amides is 3. The Balaban J connectivity index is 1.43. The number of thioether (sulfide) groups is 1. The van der Waals surface area contributed by atoms with E-state index in [2.05, 4.69) is 38.8 Å². The lowest BCUT2D eigenvalue weighted by molar-refractivity contribution is -0.115. The first kappa shape index (κ1) is 30.8. The second-order valence-corrected chi connectivity index (χ2v) is 12.0. The Morgan fingerprint density at radius 3 is 2.21 bits per heavy atom. The molecule has 214 valence electrons. The molecule has 4 aromatic rings. The standard InChI is InChI=1S/C34H32BrN3O3S/c1-4-25-12-8-9-22(2)31(25)38-32(39)23(3)42-29-19-17-28(18-20-29)36-34(41)30(21-24-13-15-27(35)16-14-24)37-33(40)26-10-6-5-7-11-26/h5-21,23H,4H2,1-3H3,(H,36,41)(H,37,40)(H,38,39)/b30-21-. The number of nitrogens with one attached hydrogen (secondary N) is 3. The highest BCUT2D eigenvalue weighted by Crippen LogP contribution is 2.27. The zero-order valence-electron chi connectivity index (χ0n) is 23.6. The van der Waals surface area contributed by atoms with E-state index in [1.807, 2.05) is 74.5 Å². The number of hydrogen-bond acceptors (Lipinski definition) is 4. The maximum Gasteiger partial charge on any atom is 0.272 e. The summed E-state index contributed by atoms with van der Waals surface area (Å²) in [6.45, 7) is 5.93. The number of hydrogen-bond donors (Lipinski definition) is 3. The van der Waals surface area contributed by atoms with Crippen LogP contribution in [0.3, 0.4) is 0 Å². The molecule has 4 rings (SSSR count). The minimum absolute atomic E-state index is 0.0711. The Kier molecular flexibility index (Phi) is 10.8. The second kappa shape index (κ2) is 14.7. The summed E-state index contributed by atoms with van der Waals surface area (Å²) in [5.41, 5.74) is 4.89. The molecular formula is C34H32BrN3O3S. The highest BCUT2D eigenvalue weighted by molar-refractivity contribution is 9.10. The molecule has 4 aromatic carbocycles. The molecule has 0 aliphatic heterocycles. The van der Waals surface area contributed by atoms with Crippen LogP contribution >= 0.6 is 27.7 Å². The highest BCUT2D eigenvalue weighted by atomic mass is 79.9. The minimum Gasteiger partial charge on any atom is -0.325 e. The van der Waals surface area contributed by atoms with Crippen molar-refractivity contribution in [2.75, 3.05) is 10.6 Å². The molecular weight excluding hydrogens is 610 g/mol. The lowest BCUT2D eigenvalue weighted by atomic mass is 10.1. The summed E-state index contributed by atoms with van der Waals surface area (Å²) >= 11 is 4.85. The fourth-order valence-electron chi connectivity index (χ4n) is 4.17. The lowest BCUT2D eigenvalue weighted by Gasteiger charge is -2.16. The Hall–Kier alpha value is -4.14. The summed E-state index contributed by atoms with van der Waals surface area (Å²) in [5, 5.41) is 8.37. The van der Waals surface area contributed by atoms with Gasteiger partial charge >= 0.3 is 0 Å². The van der Waals surface area contributed by atoms with Gasteiger partial charge in [0.15, 0.2) is 0 Å². The number of rotatable bonds is 10. The fraction of sp³-hybridized carbons (Fsp3) is 0.147. The third kappa shape index (κ3) is 8.44. The summed E-state index contributed by atoms with van der Waals surface area (Å²) < 4.78 is 0.907. The van der Waals surface area contributed by atoms with Crippen molar-refractivity contribution in [2.45, 2.75) is 37.3 Å². The minimum atomic E-state index is -0.458. The van der Waals surface area contributed by atoms with Crippen LogP contribution in [0, 0.1) is 6.92 Å². The molecule has 0 saturated heterocycles. The van der Waals surface area contributed by atoms with Crippen molar-refractivity contribution < 1.29 is 14.4 Å². The van der Waals surface area contributed by atoms with E-state index in [4.69, 9.17) is 0 Å². The third-order valence-electron chi connectivity index (χ3n) is 6.49. The largest absolute Gasteiger partial charge is 0.325 e. The van der Waals surface area contributed by atoms with Gasteiger partial charge in [0, 0.05) is 26.3 Å². The van der Waals surface area contributed by atoms with Crippen LogP contribution < -0.4 is 16.0 Å². The molecule has 0 heterocycles. The Bertz CT molecular complexity index is 1590. The van der Waals surface area contributed by atoms with E-state index in [9.17, 15) is 14.4 Å². The molecule has 0 aliphatic carbocycles. The van der Waals surface area contributed by atoms with Crippen LogP contribution in [0.25, 0.3) is 6.08 Å². The maximum atomic E-state index is 13.3. The van der Waals surface area contributed by atoms with E-state index >= 15 is 0 Å². The van der Waals surface area contributed by atoms with Gasteiger partial charge in [-0.05, 0) is 91.6 Å². The first-order valence-electron chi connectivity index (χ1n) is 13.5.